The molecule has 2 rings (SSSR count). The Morgan fingerprint density at radius 1 is 1.24 bits per heavy atom. The summed E-state index contributed by atoms with van der Waals surface area (Å²) in [7, 11) is 1.83. The highest BCUT2D eigenvalue weighted by molar-refractivity contribution is 9.10. The number of nitrogens with one attached hydrogen (secondary N) is 1. The number of alkyl halides is 3. The fourth-order valence-corrected chi connectivity index (χ4v) is 3.67. The molecule has 1 aromatic carbocycles. The fraction of sp³-hybridized carbons (Fsp3) is 0.333. The SMILES string of the molecule is CNC(Cc1cccc(C(F)(F)F)c1)Cc1cc(Br)cs1. The van der Waals surface area contributed by atoms with E-state index in [1.807, 2.05) is 18.5 Å². The molecule has 21 heavy (non-hydrogen) atoms. The van der Waals surface area contributed by atoms with E-state index in [9.17, 15) is 13.2 Å². The van der Waals surface area contributed by atoms with Crippen LogP contribution in [0, 0.1) is 0 Å². The summed E-state index contributed by atoms with van der Waals surface area (Å²) in [4.78, 5) is 1.20. The molecule has 114 valence electrons. The molecule has 0 radical (unpaired) electrons. The molecule has 1 atom stereocenters. The van der Waals surface area contributed by atoms with Crippen molar-refractivity contribution in [2.24, 2.45) is 0 Å². The maximum Gasteiger partial charge on any atom is 0.416 e. The number of thiophene rings is 1. The summed E-state index contributed by atoms with van der Waals surface area (Å²) < 4.78 is 39.2. The van der Waals surface area contributed by atoms with Gasteiger partial charge in [-0.15, -0.1) is 11.3 Å². The van der Waals surface area contributed by atoms with Crippen LogP contribution in [0.15, 0.2) is 40.2 Å². The van der Waals surface area contributed by atoms with Gasteiger partial charge in [-0.05, 0) is 53.5 Å². The van der Waals surface area contributed by atoms with Crippen LogP contribution in [0.3, 0.4) is 0 Å². The Bertz CT molecular complexity index is 595. The topological polar surface area (TPSA) is 12.0 Å². The molecule has 0 fully saturated rings. The maximum atomic E-state index is 12.7. The Hall–Kier alpha value is -0.850. The number of benzene rings is 1. The van der Waals surface area contributed by atoms with Crippen molar-refractivity contribution in [3.63, 3.8) is 0 Å². The van der Waals surface area contributed by atoms with E-state index in [4.69, 9.17) is 0 Å². The number of likely N-dealkylation sites (N-methyl/N-ethyl adjacent to an activating group) is 1. The molecular weight excluding hydrogens is 363 g/mol. The molecule has 0 amide bonds. The highest BCUT2D eigenvalue weighted by Gasteiger charge is 2.30. The quantitative estimate of drug-likeness (QED) is 0.780. The monoisotopic (exact) mass is 377 g/mol. The second kappa shape index (κ2) is 6.94. The number of hydrogen-bond acceptors (Lipinski definition) is 2. The summed E-state index contributed by atoms with van der Waals surface area (Å²) in [5, 5.41) is 5.18. The average Bonchev–Trinajstić information content (AvgIpc) is 2.83. The van der Waals surface area contributed by atoms with Crippen LogP contribution in [-0.2, 0) is 19.0 Å². The number of hydrogen-bond donors (Lipinski definition) is 1. The van der Waals surface area contributed by atoms with Gasteiger partial charge in [-0.1, -0.05) is 18.2 Å². The van der Waals surface area contributed by atoms with E-state index in [1.165, 1.54) is 17.0 Å². The van der Waals surface area contributed by atoms with Crippen LogP contribution in [0.4, 0.5) is 13.2 Å². The number of halogens is 4. The Morgan fingerprint density at radius 3 is 2.57 bits per heavy atom. The van der Waals surface area contributed by atoms with Crippen molar-refractivity contribution in [1.82, 2.24) is 5.32 Å². The Kier molecular flexibility index (Phi) is 5.46. The summed E-state index contributed by atoms with van der Waals surface area (Å²) in [6, 6.07) is 7.69. The first-order valence-corrected chi connectivity index (χ1v) is 8.12. The van der Waals surface area contributed by atoms with Gasteiger partial charge in [-0.3, -0.25) is 0 Å². The molecule has 1 nitrogen and oxygen atoms in total. The van der Waals surface area contributed by atoms with Crippen LogP contribution >= 0.6 is 27.3 Å². The van der Waals surface area contributed by atoms with E-state index in [0.29, 0.717) is 12.0 Å². The first kappa shape index (κ1) is 16.5. The zero-order valence-corrected chi connectivity index (χ0v) is 13.8. The van der Waals surface area contributed by atoms with Crippen LogP contribution < -0.4 is 5.32 Å². The predicted molar refractivity (Wildman–Crippen MR) is 83.7 cm³/mol. The van der Waals surface area contributed by atoms with Gasteiger partial charge >= 0.3 is 6.18 Å². The smallest absolute Gasteiger partial charge is 0.316 e. The van der Waals surface area contributed by atoms with Gasteiger partial charge in [0.05, 0.1) is 5.56 Å². The Labute approximate surface area is 134 Å². The first-order valence-electron chi connectivity index (χ1n) is 6.45. The van der Waals surface area contributed by atoms with E-state index in [1.54, 1.807) is 17.4 Å². The van der Waals surface area contributed by atoms with Crippen molar-refractivity contribution in [1.29, 1.82) is 0 Å². The fourth-order valence-electron chi connectivity index (χ4n) is 2.14. The van der Waals surface area contributed by atoms with Crippen molar-refractivity contribution < 1.29 is 13.2 Å². The molecular formula is C15H15BrF3NS. The van der Waals surface area contributed by atoms with Crippen molar-refractivity contribution in [2.45, 2.75) is 25.1 Å². The Balaban J connectivity index is 2.08. The van der Waals surface area contributed by atoms with Gasteiger partial charge in [0.15, 0.2) is 0 Å². The molecule has 0 aliphatic carbocycles. The first-order chi connectivity index (χ1) is 9.88. The minimum atomic E-state index is -4.29. The molecule has 0 saturated carbocycles. The minimum absolute atomic E-state index is 0.110. The lowest BCUT2D eigenvalue weighted by molar-refractivity contribution is -0.137. The van der Waals surface area contributed by atoms with Gasteiger partial charge in [0, 0.05) is 20.8 Å². The van der Waals surface area contributed by atoms with Crippen LogP contribution in [0.25, 0.3) is 0 Å². The van der Waals surface area contributed by atoms with Crippen LogP contribution in [-0.4, -0.2) is 13.1 Å². The standard InChI is InChI=1S/C15H15BrF3NS/c1-20-13(8-14-7-12(16)9-21-14)6-10-3-2-4-11(5-10)15(17,18)19/h2-5,7,9,13,20H,6,8H2,1H3. The molecule has 1 heterocycles. The normalized spacial score (nSPS) is 13.4. The summed E-state index contributed by atoms with van der Waals surface area (Å²) >= 11 is 5.05. The highest BCUT2D eigenvalue weighted by atomic mass is 79.9. The van der Waals surface area contributed by atoms with Crippen molar-refractivity contribution >= 4 is 27.3 Å². The second-order valence-corrected chi connectivity index (χ2v) is 6.73. The Morgan fingerprint density at radius 2 is 2.00 bits per heavy atom. The van der Waals surface area contributed by atoms with E-state index >= 15 is 0 Å². The number of rotatable bonds is 5. The summed E-state index contributed by atoms with van der Waals surface area (Å²) in [6.07, 6.45) is -2.93. The van der Waals surface area contributed by atoms with Crippen molar-refractivity contribution in [3.05, 3.63) is 56.2 Å². The molecule has 0 saturated heterocycles. The molecule has 1 aromatic heterocycles. The van der Waals surface area contributed by atoms with Crippen LogP contribution in [0.2, 0.25) is 0 Å². The summed E-state index contributed by atoms with van der Waals surface area (Å²) in [6.45, 7) is 0. The second-order valence-electron chi connectivity index (χ2n) is 4.82. The third kappa shape index (κ3) is 4.83. The lowest BCUT2D eigenvalue weighted by atomic mass is 10.0. The molecule has 0 bridgehead atoms. The van der Waals surface area contributed by atoms with Crippen molar-refractivity contribution in [2.75, 3.05) is 7.05 Å². The van der Waals surface area contributed by atoms with Gasteiger partial charge in [0.25, 0.3) is 0 Å². The van der Waals surface area contributed by atoms with E-state index in [0.717, 1.165) is 17.0 Å². The van der Waals surface area contributed by atoms with Gasteiger partial charge in [-0.2, -0.15) is 13.2 Å². The zero-order valence-electron chi connectivity index (χ0n) is 11.4. The van der Waals surface area contributed by atoms with E-state index < -0.39 is 11.7 Å². The molecule has 1 unspecified atom stereocenters. The largest absolute Gasteiger partial charge is 0.416 e. The van der Waals surface area contributed by atoms with E-state index in [-0.39, 0.29) is 6.04 Å². The molecule has 2 aromatic rings. The minimum Gasteiger partial charge on any atom is -0.316 e. The lowest BCUT2D eigenvalue weighted by Crippen LogP contribution is -2.29. The van der Waals surface area contributed by atoms with Gasteiger partial charge in [0.2, 0.25) is 0 Å². The third-order valence-corrected chi connectivity index (χ3v) is 4.93. The maximum absolute atomic E-state index is 12.7. The van der Waals surface area contributed by atoms with E-state index in [2.05, 4.69) is 21.2 Å². The van der Waals surface area contributed by atoms with Crippen LogP contribution in [0.5, 0.6) is 0 Å². The van der Waals surface area contributed by atoms with Gasteiger partial charge in [0.1, 0.15) is 0 Å². The molecule has 1 N–H and O–H groups in total. The van der Waals surface area contributed by atoms with Gasteiger partial charge in [-0.25, -0.2) is 0 Å². The molecule has 0 aliphatic heterocycles. The third-order valence-electron chi connectivity index (χ3n) is 3.21. The average molecular weight is 378 g/mol. The molecule has 0 aliphatic rings. The van der Waals surface area contributed by atoms with Gasteiger partial charge < -0.3 is 5.32 Å². The summed E-state index contributed by atoms with van der Waals surface area (Å²) in [5.41, 5.74) is 0.105. The highest BCUT2D eigenvalue weighted by Crippen LogP contribution is 2.30. The predicted octanol–water partition coefficient (Wildman–Crippen LogP) is 4.90. The molecule has 6 heteroatoms. The molecule has 0 spiro atoms. The lowest BCUT2D eigenvalue weighted by Gasteiger charge is -2.16. The zero-order chi connectivity index (χ0) is 15.5. The van der Waals surface area contributed by atoms with Crippen LogP contribution in [0.1, 0.15) is 16.0 Å². The van der Waals surface area contributed by atoms with Crippen molar-refractivity contribution in [3.8, 4) is 0 Å². The summed E-state index contributed by atoms with van der Waals surface area (Å²) in [5.74, 6) is 0.